The van der Waals surface area contributed by atoms with E-state index in [1.165, 1.54) is 17.5 Å². The third-order valence-corrected chi connectivity index (χ3v) is 3.08. The summed E-state index contributed by atoms with van der Waals surface area (Å²) in [5.41, 5.74) is 2.88. The molecule has 0 radical (unpaired) electrons. The predicted octanol–water partition coefficient (Wildman–Crippen LogP) is 4.49. The van der Waals surface area contributed by atoms with Gasteiger partial charge in [0.1, 0.15) is 0 Å². The van der Waals surface area contributed by atoms with Gasteiger partial charge < -0.3 is 19.8 Å². The maximum absolute atomic E-state index is 8.24. The molecule has 0 spiro atoms. The van der Waals surface area contributed by atoms with E-state index in [0.29, 0.717) is 18.9 Å². The van der Waals surface area contributed by atoms with Crippen molar-refractivity contribution in [2.24, 2.45) is 0 Å². The van der Waals surface area contributed by atoms with Crippen LogP contribution in [0.5, 0.6) is 0 Å². The van der Waals surface area contributed by atoms with Crippen molar-refractivity contribution in [1.82, 2.24) is 0 Å². The van der Waals surface area contributed by atoms with Crippen LogP contribution in [0.1, 0.15) is 30.4 Å². The van der Waals surface area contributed by atoms with Gasteiger partial charge in [0, 0.05) is 0 Å². The Balaban J connectivity index is 0. The van der Waals surface area contributed by atoms with E-state index in [-0.39, 0.29) is 0 Å². The number of hydrogen-bond donors (Lipinski definition) is 2. The van der Waals surface area contributed by atoms with E-state index < -0.39 is 0 Å². The number of hydrogen-bond acceptors (Lipinski definition) is 2. The first-order valence-electron chi connectivity index (χ1n) is 6.94. The first-order chi connectivity index (χ1) is 11.7. The molecule has 2 aromatic carbocycles. The predicted molar refractivity (Wildman–Crippen MR) is 95.2 cm³/mol. The molecular weight excluding hydrogens is 461 g/mol. The summed E-state index contributed by atoms with van der Waals surface area (Å²) >= 11 is 5.03. The van der Waals surface area contributed by atoms with Gasteiger partial charge in [-0.05, 0) is 29.9 Å². The van der Waals surface area contributed by atoms with Gasteiger partial charge >= 0.3 is 30.0 Å². The Labute approximate surface area is 160 Å². The first-order valence-corrected chi connectivity index (χ1v) is 10.9. The molecule has 0 heterocycles. The fourth-order valence-electron chi connectivity index (χ4n) is 1.98. The molecule has 2 rings (SSSR count). The molecule has 4 nitrogen and oxygen atoms in total. The van der Waals surface area contributed by atoms with Crippen LogP contribution in [0, 0.1) is 0 Å². The topological polar surface area (TPSA) is 74.6 Å². The van der Waals surface area contributed by atoms with Crippen molar-refractivity contribution in [3.8, 4) is 0 Å². The third-order valence-electron chi connectivity index (χ3n) is 3.08. The molecule has 0 saturated heterocycles. The van der Waals surface area contributed by atoms with Crippen LogP contribution in [0.25, 0.3) is 0 Å². The van der Waals surface area contributed by atoms with Crippen molar-refractivity contribution in [1.29, 1.82) is 0 Å². The van der Waals surface area contributed by atoms with E-state index in [9.17, 15) is 0 Å². The van der Waals surface area contributed by atoms with Gasteiger partial charge in [-0.3, -0.25) is 0 Å². The third kappa shape index (κ3) is 14.1. The zero-order valence-corrected chi connectivity index (χ0v) is 16.5. The molecule has 0 aliphatic carbocycles. The van der Waals surface area contributed by atoms with Gasteiger partial charge in [-0.2, -0.15) is 0 Å². The van der Waals surface area contributed by atoms with Crippen molar-refractivity contribution < 1.29 is 36.1 Å². The summed E-state index contributed by atoms with van der Waals surface area (Å²) in [4.78, 5) is 16.5. The molecule has 131 valence electrons. The number of rotatable bonds is 4. The number of halogens is 1. The fourth-order valence-corrected chi connectivity index (χ4v) is 1.98. The number of aliphatic hydroxyl groups excluding tert-OH is 2. The fraction of sp³-hybridized carbons (Fsp3) is 0.222. The van der Waals surface area contributed by atoms with Gasteiger partial charge in [0.25, 0.3) is 0 Å². The zero-order chi connectivity index (χ0) is 18.6. The molecule has 0 aromatic heterocycles. The van der Waals surface area contributed by atoms with E-state index in [1.54, 1.807) is 0 Å². The van der Waals surface area contributed by atoms with Gasteiger partial charge in [-0.15, -0.1) is 0 Å². The minimum atomic E-state index is 0.500. The number of benzene rings is 2. The van der Waals surface area contributed by atoms with Crippen LogP contribution >= 0.6 is 13.6 Å². The van der Waals surface area contributed by atoms with Gasteiger partial charge in [0.2, 0.25) is 0 Å². The Morgan fingerprint density at radius 2 is 1.29 bits per heavy atom. The second-order valence-electron chi connectivity index (χ2n) is 4.52. The first kappa shape index (κ1) is 24.7. The van der Waals surface area contributed by atoms with Crippen molar-refractivity contribution in [3.63, 3.8) is 0 Å². The Bertz CT molecular complexity index is 503. The number of aryl methyl sites for hydroxylation is 1. The van der Waals surface area contributed by atoms with Crippen LogP contribution in [0.2, 0.25) is 0 Å². The standard InChI is InChI=1S/C16H18.2CHO2.BrH.Ru/c1-14(16-10-6-3-7-11-16)12-13-15-8-4-2-5-9-15;2*2-1-3;;/h2-11,14H,12-13H2,1H3;2*(H,2,3);1H;/q;2*-1;;+3/p-1. The van der Waals surface area contributed by atoms with Gasteiger partial charge in [0.15, 0.2) is 0 Å². The van der Waals surface area contributed by atoms with E-state index in [4.69, 9.17) is 19.8 Å². The van der Waals surface area contributed by atoms with Crippen LogP contribution in [0.15, 0.2) is 60.7 Å². The molecule has 0 fully saturated rings. The molecule has 0 saturated carbocycles. The van der Waals surface area contributed by atoms with Crippen molar-refractivity contribution in [3.05, 3.63) is 71.8 Å². The van der Waals surface area contributed by atoms with Crippen LogP contribution in [0.3, 0.4) is 0 Å². The van der Waals surface area contributed by atoms with Crippen molar-refractivity contribution in [2.45, 2.75) is 25.7 Å². The Hall–Kier alpha value is -1.52. The monoisotopic (exact) mass is 481 g/mol. The molecule has 24 heavy (non-hydrogen) atoms. The zero-order valence-electron chi connectivity index (χ0n) is 13.2. The molecule has 0 bridgehead atoms. The van der Waals surface area contributed by atoms with Crippen LogP contribution in [-0.2, 0) is 32.4 Å². The Morgan fingerprint density at radius 3 is 1.71 bits per heavy atom. The van der Waals surface area contributed by atoms with E-state index in [0.717, 1.165) is 6.42 Å². The van der Waals surface area contributed by atoms with Gasteiger partial charge in [-0.25, -0.2) is 0 Å². The second kappa shape index (κ2) is 19.5. The Morgan fingerprint density at radius 1 is 0.917 bits per heavy atom. The van der Waals surface area contributed by atoms with Gasteiger partial charge in [0.05, 0.1) is 0 Å². The summed E-state index contributed by atoms with van der Waals surface area (Å²) in [6, 6.07) is 21.5. The molecule has 0 aliphatic rings. The summed E-state index contributed by atoms with van der Waals surface area (Å²) in [7, 11) is 0. The second-order valence-corrected chi connectivity index (χ2v) is 4.52. The quantitative estimate of drug-likeness (QED) is 0.499. The minimum absolute atomic E-state index is 0.500. The molecule has 2 aromatic rings. The maximum atomic E-state index is 8.24. The summed E-state index contributed by atoms with van der Waals surface area (Å²) < 4.78 is 0. The van der Waals surface area contributed by atoms with E-state index in [1.807, 2.05) is 0 Å². The van der Waals surface area contributed by atoms with Crippen LogP contribution in [-0.4, -0.2) is 23.2 Å². The SMILES string of the molecule is CC(CCc1ccccc1)c1ccccc1.O=[C-]O.O=[C-]O.[Br][Ru+2]. The molecule has 0 aliphatic heterocycles. The van der Waals surface area contributed by atoms with Gasteiger partial charge in [-0.1, -0.05) is 80.5 Å². The van der Waals surface area contributed by atoms with Crippen LogP contribution in [0.4, 0.5) is 0 Å². The van der Waals surface area contributed by atoms with Crippen LogP contribution < -0.4 is 0 Å². The normalized spacial score (nSPS) is 9.42. The summed E-state index contributed by atoms with van der Waals surface area (Å²) in [5.74, 6) is 0.640. The summed E-state index contributed by atoms with van der Waals surface area (Å²) in [5, 5.41) is 13.5. The molecule has 1 atom stereocenters. The molecule has 1 unspecified atom stereocenters. The van der Waals surface area contributed by atoms with Crippen molar-refractivity contribution >= 4 is 26.6 Å². The molecular formula is C18H20BrO4Ru. The average molecular weight is 481 g/mol. The Kier molecular flexibility index (Phi) is 20.1. The molecule has 6 heteroatoms. The summed E-state index contributed by atoms with van der Waals surface area (Å²) in [6.07, 6.45) is 2.38. The van der Waals surface area contributed by atoms with E-state index >= 15 is 0 Å². The van der Waals surface area contributed by atoms with E-state index in [2.05, 4.69) is 97.6 Å². The van der Waals surface area contributed by atoms with Crippen molar-refractivity contribution in [2.75, 3.05) is 0 Å². The average Bonchev–Trinajstić information content (AvgIpc) is 2.64. The summed E-state index contributed by atoms with van der Waals surface area (Å²) in [6.45, 7) is 3.30. The molecule has 2 N–H and O–H groups in total. The molecule has 0 amide bonds.